The summed E-state index contributed by atoms with van der Waals surface area (Å²) < 4.78 is 0.635. The number of carbonyl (C=O) groups excluding carboxylic acids is 1. The number of rotatable bonds is 2. The summed E-state index contributed by atoms with van der Waals surface area (Å²) in [6.45, 7) is 2.03. The van der Waals surface area contributed by atoms with Gasteiger partial charge in [0.25, 0.3) is 5.91 Å². The van der Waals surface area contributed by atoms with Crippen LogP contribution in [0.25, 0.3) is 0 Å². The molecule has 4 nitrogen and oxygen atoms in total. The molecule has 106 valence electrons. The molecule has 7 heteroatoms. The predicted octanol–water partition coefficient (Wildman–Crippen LogP) is 3.82. The summed E-state index contributed by atoms with van der Waals surface area (Å²) in [6, 6.07) is 0.145. The second-order valence-corrected chi connectivity index (χ2v) is 7.68. The second kappa shape index (κ2) is 5.54. The van der Waals surface area contributed by atoms with Gasteiger partial charge in [0, 0.05) is 7.05 Å². The summed E-state index contributed by atoms with van der Waals surface area (Å²) in [4.78, 5) is 25.0. The van der Waals surface area contributed by atoms with Crippen molar-refractivity contribution in [2.75, 3.05) is 7.05 Å². The van der Waals surface area contributed by atoms with Crippen molar-refractivity contribution in [2.24, 2.45) is 0 Å². The highest BCUT2D eigenvalue weighted by Gasteiger charge is 2.31. The molecule has 0 unspecified atom stereocenters. The Labute approximate surface area is 134 Å². The van der Waals surface area contributed by atoms with Crippen LogP contribution in [0.1, 0.15) is 44.1 Å². The van der Waals surface area contributed by atoms with Crippen LogP contribution >= 0.6 is 38.6 Å². The van der Waals surface area contributed by atoms with Crippen molar-refractivity contribution >= 4 is 44.5 Å². The molecule has 0 aromatic carbocycles. The van der Waals surface area contributed by atoms with Crippen LogP contribution < -0.4 is 0 Å². The molecular weight excluding hydrogens is 358 g/mol. The van der Waals surface area contributed by atoms with Gasteiger partial charge in [-0.3, -0.25) is 4.79 Å². The van der Waals surface area contributed by atoms with Gasteiger partial charge in [-0.1, -0.05) is 0 Å². The van der Waals surface area contributed by atoms with Crippen LogP contribution in [-0.4, -0.2) is 27.8 Å². The Morgan fingerprint density at radius 3 is 3.05 bits per heavy atom. The molecule has 0 saturated carbocycles. The van der Waals surface area contributed by atoms with Crippen LogP contribution in [0.2, 0.25) is 0 Å². The van der Waals surface area contributed by atoms with E-state index in [0.29, 0.717) is 9.48 Å². The number of thiazole rings is 2. The van der Waals surface area contributed by atoms with Crippen molar-refractivity contribution in [1.82, 2.24) is 14.9 Å². The molecule has 3 rings (SSSR count). The van der Waals surface area contributed by atoms with E-state index >= 15 is 0 Å². The molecule has 2 heterocycles. The number of nitrogens with zero attached hydrogens (tertiary/aromatic N) is 3. The molecule has 0 N–H and O–H groups in total. The maximum absolute atomic E-state index is 12.6. The molecule has 1 aliphatic carbocycles. The van der Waals surface area contributed by atoms with Crippen molar-refractivity contribution in [3.05, 3.63) is 30.6 Å². The lowest BCUT2D eigenvalue weighted by atomic mass is 9.97. The topological polar surface area (TPSA) is 46.1 Å². The third-order valence-corrected chi connectivity index (χ3v) is 6.33. The van der Waals surface area contributed by atoms with Gasteiger partial charge in [0.05, 0.1) is 27.1 Å². The molecule has 0 radical (unpaired) electrons. The predicted molar refractivity (Wildman–Crippen MR) is 84.4 cm³/mol. The van der Waals surface area contributed by atoms with Gasteiger partial charge in [0.2, 0.25) is 0 Å². The Morgan fingerprint density at radius 2 is 2.35 bits per heavy atom. The second-order valence-electron chi connectivity index (χ2n) is 4.84. The van der Waals surface area contributed by atoms with E-state index in [0.717, 1.165) is 24.3 Å². The normalized spacial score (nSPS) is 17.9. The van der Waals surface area contributed by atoms with Gasteiger partial charge in [0.1, 0.15) is 9.48 Å². The van der Waals surface area contributed by atoms with Gasteiger partial charge in [-0.25, -0.2) is 9.97 Å². The van der Waals surface area contributed by atoms with Crippen LogP contribution in [0.4, 0.5) is 0 Å². The molecule has 20 heavy (non-hydrogen) atoms. The molecule has 1 atom stereocenters. The van der Waals surface area contributed by atoms with Crippen molar-refractivity contribution in [3.63, 3.8) is 0 Å². The average molecular weight is 372 g/mol. The number of aromatic nitrogens is 2. The molecule has 0 spiro atoms. The van der Waals surface area contributed by atoms with Gasteiger partial charge >= 0.3 is 0 Å². The van der Waals surface area contributed by atoms with Crippen LogP contribution in [0, 0.1) is 6.92 Å². The Kier molecular flexibility index (Phi) is 3.92. The summed E-state index contributed by atoms with van der Waals surface area (Å²) in [7, 11) is 1.88. The van der Waals surface area contributed by atoms with E-state index in [2.05, 4.69) is 25.9 Å². The zero-order valence-corrected chi connectivity index (χ0v) is 14.4. The Balaban J connectivity index is 1.90. The van der Waals surface area contributed by atoms with Gasteiger partial charge in [0.15, 0.2) is 0 Å². The molecule has 0 saturated heterocycles. The Bertz CT molecular complexity index is 652. The quantitative estimate of drug-likeness (QED) is 0.805. The molecular formula is C13H14BrN3OS2. The first-order chi connectivity index (χ1) is 9.58. The lowest BCUT2D eigenvalue weighted by molar-refractivity contribution is 0.0721. The van der Waals surface area contributed by atoms with E-state index in [1.165, 1.54) is 21.9 Å². The van der Waals surface area contributed by atoms with Gasteiger partial charge in [-0.15, -0.1) is 22.7 Å². The minimum absolute atomic E-state index is 0.0308. The van der Waals surface area contributed by atoms with Crippen LogP contribution in [0.15, 0.2) is 10.1 Å². The average Bonchev–Trinajstić information content (AvgIpc) is 3.01. The standard InChI is InChI=1S/C13H14BrN3OS2/c1-7-16-8-4-3-5-9(10(8)20-7)17(2)13(18)11-12(14)15-6-19-11/h6,9H,3-5H2,1-2H3/t9-/m1/s1. The minimum atomic E-state index is 0.0308. The van der Waals surface area contributed by atoms with Crippen molar-refractivity contribution in [3.8, 4) is 0 Å². The maximum Gasteiger partial charge on any atom is 0.267 e. The smallest absolute Gasteiger partial charge is 0.267 e. The fourth-order valence-electron chi connectivity index (χ4n) is 2.56. The zero-order valence-electron chi connectivity index (χ0n) is 11.2. The van der Waals surface area contributed by atoms with Crippen molar-refractivity contribution in [1.29, 1.82) is 0 Å². The molecule has 1 aliphatic rings. The van der Waals surface area contributed by atoms with E-state index in [1.54, 1.807) is 16.8 Å². The lowest BCUT2D eigenvalue weighted by Crippen LogP contribution is -2.32. The van der Waals surface area contributed by atoms with E-state index in [-0.39, 0.29) is 11.9 Å². The highest BCUT2D eigenvalue weighted by molar-refractivity contribution is 9.10. The maximum atomic E-state index is 12.6. The highest BCUT2D eigenvalue weighted by Crippen LogP contribution is 2.38. The SMILES string of the molecule is Cc1nc2c(s1)[C@H](N(C)C(=O)c1scnc1Br)CCC2. The summed E-state index contributed by atoms with van der Waals surface area (Å²) >= 11 is 6.43. The lowest BCUT2D eigenvalue weighted by Gasteiger charge is -2.30. The van der Waals surface area contributed by atoms with Crippen molar-refractivity contribution < 1.29 is 4.79 Å². The van der Waals surface area contributed by atoms with Gasteiger partial charge in [-0.2, -0.15) is 0 Å². The summed E-state index contributed by atoms with van der Waals surface area (Å²) in [5.74, 6) is 0.0308. The monoisotopic (exact) mass is 371 g/mol. The molecule has 2 aromatic rings. The number of hydrogen-bond donors (Lipinski definition) is 0. The van der Waals surface area contributed by atoms with Crippen molar-refractivity contribution in [2.45, 2.75) is 32.2 Å². The van der Waals surface area contributed by atoms with Gasteiger partial charge in [-0.05, 0) is 42.1 Å². The summed E-state index contributed by atoms with van der Waals surface area (Å²) in [6.07, 6.45) is 3.12. The first-order valence-corrected chi connectivity index (χ1v) is 8.89. The largest absolute Gasteiger partial charge is 0.333 e. The van der Waals surface area contributed by atoms with E-state index in [1.807, 2.05) is 18.9 Å². The number of aryl methyl sites for hydroxylation is 2. The Hall–Kier alpha value is -0.790. The fourth-order valence-corrected chi connectivity index (χ4v) is 5.06. The van der Waals surface area contributed by atoms with Gasteiger partial charge < -0.3 is 4.90 Å². The van der Waals surface area contributed by atoms with E-state index in [9.17, 15) is 4.79 Å². The first-order valence-electron chi connectivity index (χ1n) is 6.40. The number of carbonyl (C=O) groups is 1. The molecule has 1 amide bonds. The Morgan fingerprint density at radius 1 is 1.55 bits per heavy atom. The van der Waals surface area contributed by atoms with Crippen LogP contribution in [0.5, 0.6) is 0 Å². The van der Waals surface area contributed by atoms with Crippen LogP contribution in [0.3, 0.4) is 0 Å². The first kappa shape index (κ1) is 14.2. The number of fused-ring (bicyclic) bond motifs is 1. The highest BCUT2D eigenvalue weighted by atomic mass is 79.9. The van der Waals surface area contributed by atoms with E-state index in [4.69, 9.17) is 0 Å². The van der Waals surface area contributed by atoms with Crippen LogP contribution in [-0.2, 0) is 6.42 Å². The minimum Gasteiger partial charge on any atom is -0.333 e. The summed E-state index contributed by atoms with van der Waals surface area (Å²) in [5, 5.41) is 1.08. The molecule has 2 aromatic heterocycles. The number of amides is 1. The molecule has 0 bridgehead atoms. The number of hydrogen-bond acceptors (Lipinski definition) is 5. The third-order valence-electron chi connectivity index (χ3n) is 3.53. The summed E-state index contributed by atoms with van der Waals surface area (Å²) in [5.41, 5.74) is 2.86. The third kappa shape index (κ3) is 2.42. The zero-order chi connectivity index (χ0) is 14.3. The fraction of sp³-hybridized carbons (Fsp3) is 0.462. The molecule has 0 fully saturated rings. The van der Waals surface area contributed by atoms with E-state index < -0.39 is 0 Å². The molecule has 0 aliphatic heterocycles. The number of halogens is 1.